The molecule has 0 fully saturated rings. The van der Waals surface area contributed by atoms with Crippen LogP contribution < -0.4 is 0 Å². The number of halogens is 5. The van der Waals surface area contributed by atoms with Gasteiger partial charge in [0.05, 0.1) is 10.6 Å². The molecule has 0 saturated heterocycles. The van der Waals surface area contributed by atoms with E-state index in [4.69, 9.17) is 11.6 Å². The second-order valence-corrected chi connectivity index (χ2v) is 5.36. The van der Waals surface area contributed by atoms with Crippen molar-refractivity contribution in [1.82, 2.24) is 0 Å². The summed E-state index contributed by atoms with van der Waals surface area (Å²) in [5, 5.41) is 0.194. The van der Waals surface area contributed by atoms with Gasteiger partial charge in [-0.05, 0) is 45.8 Å². The predicted octanol–water partition coefficient (Wildman–Crippen LogP) is 4.95. The smallest absolute Gasteiger partial charge is 0.170 e. The minimum absolute atomic E-state index is 0.192. The molecule has 2 aromatic rings. The Morgan fingerprint density at radius 1 is 1.05 bits per heavy atom. The Morgan fingerprint density at radius 3 is 2.40 bits per heavy atom. The first kappa shape index (κ1) is 15.1. The number of hydrogen-bond donors (Lipinski definition) is 0. The number of hydrogen-bond acceptors (Lipinski definition) is 1. The Kier molecular flexibility index (Phi) is 4.50. The molecule has 0 amide bonds. The van der Waals surface area contributed by atoms with Gasteiger partial charge in [0.15, 0.2) is 17.4 Å². The van der Waals surface area contributed by atoms with E-state index in [-0.39, 0.29) is 22.6 Å². The number of benzene rings is 2. The molecular formula is C14H7BrClF3O. The van der Waals surface area contributed by atoms with E-state index in [0.717, 1.165) is 18.2 Å². The summed E-state index contributed by atoms with van der Waals surface area (Å²) in [5.41, 5.74) is 0.0651. The summed E-state index contributed by atoms with van der Waals surface area (Å²) < 4.78 is 39.8. The number of ketones is 1. The number of carbonyl (C=O) groups excluding carboxylic acids is 1. The molecule has 0 aliphatic rings. The van der Waals surface area contributed by atoms with Crippen LogP contribution in [0.2, 0.25) is 5.02 Å². The van der Waals surface area contributed by atoms with E-state index >= 15 is 0 Å². The number of Topliss-reactive ketones (excluding diaryl/α,β-unsaturated/α-hetero) is 1. The first-order valence-electron chi connectivity index (χ1n) is 5.50. The van der Waals surface area contributed by atoms with Crippen molar-refractivity contribution in [3.63, 3.8) is 0 Å². The molecule has 6 heteroatoms. The fourth-order valence-electron chi connectivity index (χ4n) is 1.67. The highest BCUT2D eigenvalue weighted by molar-refractivity contribution is 9.10. The summed E-state index contributed by atoms with van der Waals surface area (Å²) in [4.78, 5) is 12.0. The Morgan fingerprint density at radius 2 is 1.75 bits per heavy atom. The summed E-state index contributed by atoms with van der Waals surface area (Å²) in [7, 11) is 0. The molecule has 0 bridgehead atoms. The quantitative estimate of drug-likeness (QED) is 0.557. The molecule has 0 aliphatic carbocycles. The normalized spacial score (nSPS) is 10.7. The summed E-state index contributed by atoms with van der Waals surface area (Å²) in [6, 6.07) is 5.38. The average Bonchev–Trinajstić information content (AvgIpc) is 2.38. The first-order valence-corrected chi connectivity index (χ1v) is 6.67. The lowest BCUT2D eigenvalue weighted by Crippen LogP contribution is -2.07. The topological polar surface area (TPSA) is 17.1 Å². The van der Waals surface area contributed by atoms with E-state index < -0.39 is 23.2 Å². The standard InChI is InChI=1S/C14H7BrClF3O/c15-9-6-12(18)8(5-10(9)16)14(20)4-7-1-2-11(17)13(19)3-7/h1-3,5-6H,4H2. The Balaban J connectivity index is 2.28. The second kappa shape index (κ2) is 5.97. The maximum absolute atomic E-state index is 13.7. The van der Waals surface area contributed by atoms with Crippen LogP contribution >= 0.6 is 27.5 Å². The van der Waals surface area contributed by atoms with Gasteiger partial charge in [-0.3, -0.25) is 4.79 Å². The lowest BCUT2D eigenvalue weighted by atomic mass is 10.0. The molecule has 0 aliphatic heterocycles. The van der Waals surface area contributed by atoms with Crippen molar-refractivity contribution in [3.05, 3.63) is 68.4 Å². The Labute approximate surface area is 126 Å². The van der Waals surface area contributed by atoms with Crippen LogP contribution in [0.3, 0.4) is 0 Å². The van der Waals surface area contributed by atoms with E-state index in [2.05, 4.69) is 15.9 Å². The van der Waals surface area contributed by atoms with Gasteiger partial charge in [0.2, 0.25) is 0 Å². The van der Waals surface area contributed by atoms with Crippen molar-refractivity contribution in [2.75, 3.05) is 0 Å². The van der Waals surface area contributed by atoms with Crippen molar-refractivity contribution in [1.29, 1.82) is 0 Å². The zero-order valence-electron chi connectivity index (χ0n) is 9.89. The average molecular weight is 364 g/mol. The molecular weight excluding hydrogens is 357 g/mol. The summed E-state index contributed by atoms with van der Waals surface area (Å²) in [6.07, 6.45) is -0.244. The van der Waals surface area contributed by atoms with Gasteiger partial charge < -0.3 is 0 Å². The highest BCUT2D eigenvalue weighted by atomic mass is 79.9. The monoisotopic (exact) mass is 362 g/mol. The van der Waals surface area contributed by atoms with Gasteiger partial charge >= 0.3 is 0 Å². The third kappa shape index (κ3) is 3.22. The van der Waals surface area contributed by atoms with Gasteiger partial charge in [0, 0.05) is 10.9 Å². The second-order valence-electron chi connectivity index (χ2n) is 4.09. The molecule has 0 saturated carbocycles. The van der Waals surface area contributed by atoms with Crippen LogP contribution in [-0.2, 0) is 6.42 Å². The number of carbonyl (C=O) groups is 1. The van der Waals surface area contributed by atoms with Crippen LogP contribution in [0.25, 0.3) is 0 Å². The minimum Gasteiger partial charge on any atom is -0.294 e. The SMILES string of the molecule is O=C(Cc1ccc(F)c(F)c1)c1cc(Cl)c(Br)cc1F. The third-order valence-corrected chi connectivity index (χ3v) is 3.86. The zero-order chi connectivity index (χ0) is 14.9. The maximum atomic E-state index is 13.7. The lowest BCUT2D eigenvalue weighted by molar-refractivity contribution is 0.0989. The van der Waals surface area contributed by atoms with Gasteiger partial charge in [0.25, 0.3) is 0 Å². The third-order valence-electron chi connectivity index (χ3n) is 2.66. The first-order chi connectivity index (χ1) is 9.38. The molecule has 0 N–H and O–H groups in total. The van der Waals surface area contributed by atoms with Crippen molar-refractivity contribution in [2.24, 2.45) is 0 Å². The summed E-state index contributed by atoms with van der Waals surface area (Å²) in [5.74, 6) is -3.35. The van der Waals surface area contributed by atoms with Crippen LogP contribution in [0, 0.1) is 17.5 Å². The largest absolute Gasteiger partial charge is 0.294 e. The van der Waals surface area contributed by atoms with Gasteiger partial charge in [0.1, 0.15) is 5.82 Å². The van der Waals surface area contributed by atoms with Crippen molar-refractivity contribution >= 4 is 33.3 Å². The molecule has 0 radical (unpaired) electrons. The predicted molar refractivity (Wildman–Crippen MR) is 73.5 cm³/mol. The van der Waals surface area contributed by atoms with Crippen LogP contribution in [0.1, 0.15) is 15.9 Å². The van der Waals surface area contributed by atoms with E-state index in [1.807, 2.05) is 0 Å². The Hall–Kier alpha value is -1.33. The summed E-state index contributed by atoms with van der Waals surface area (Å²) >= 11 is 8.84. The van der Waals surface area contributed by atoms with E-state index in [1.54, 1.807) is 0 Å². The van der Waals surface area contributed by atoms with Crippen LogP contribution in [-0.4, -0.2) is 5.78 Å². The fraction of sp³-hybridized carbons (Fsp3) is 0.0714. The molecule has 2 aromatic carbocycles. The van der Waals surface area contributed by atoms with E-state index in [0.29, 0.717) is 4.47 Å². The van der Waals surface area contributed by atoms with Crippen molar-refractivity contribution in [3.8, 4) is 0 Å². The van der Waals surface area contributed by atoms with Gasteiger partial charge in [-0.15, -0.1) is 0 Å². The van der Waals surface area contributed by atoms with Gasteiger partial charge in [-0.25, -0.2) is 13.2 Å². The molecule has 104 valence electrons. The molecule has 0 aromatic heterocycles. The molecule has 1 nitrogen and oxygen atoms in total. The molecule has 0 spiro atoms. The lowest BCUT2D eigenvalue weighted by Gasteiger charge is -2.05. The summed E-state index contributed by atoms with van der Waals surface area (Å²) in [6.45, 7) is 0. The molecule has 0 heterocycles. The van der Waals surface area contributed by atoms with Crippen LogP contribution in [0.5, 0.6) is 0 Å². The molecule has 0 unspecified atom stereocenters. The van der Waals surface area contributed by atoms with E-state index in [1.165, 1.54) is 12.1 Å². The van der Waals surface area contributed by atoms with E-state index in [9.17, 15) is 18.0 Å². The minimum atomic E-state index is -1.05. The Bertz CT molecular complexity index is 688. The zero-order valence-corrected chi connectivity index (χ0v) is 12.2. The molecule has 20 heavy (non-hydrogen) atoms. The highest BCUT2D eigenvalue weighted by Crippen LogP contribution is 2.26. The van der Waals surface area contributed by atoms with Crippen LogP contribution in [0.15, 0.2) is 34.8 Å². The maximum Gasteiger partial charge on any atom is 0.170 e. The van der Waals surface area contributed by atoms with Gasteiger partial charge in [-0.1, -0.05) is 17.7 Å². The molecule has 2 rings (SSSR count). The fourth-order valence-corrected chi connectivity index (χ4v) is 2.15. The van der Waals surface area contributed by atoms with Crippen LogP contribution in [0.4, 0.5) is 13.2 Å². The molecule has 0 atom stereocenters. The van der Waals surface area contributed by atoms with Crippen molar-refractivity contribution < 1.29 is 18.0 Å². The van der Waals surface area contributed by atoms with Crippen molar-refractivity contribution in [2.45, 2.75) is 6.42 Å². The van der Waals surface area contributed by atoms with Gasteiger partial charge in [-0.2, -0.15) is 0 Å². The highest BCUT2D eigenvalue weighted by Gasteiger charge is 2.15. The number of rotatable bonds is 3.